The van der Waals surface area contributed by atoms with Gasteiger partial charge in [0.2, 0.25) is 5.91 Å². The van der Waals surface area contributed by atoms with E-state index in [1.54, 1.807) is 24.3 Å². The molecule has 0 aliphatic rings. The third-order valence-corrected chi connectivity index (χ3v) is 2.10. The lowest BCUT2D eigenvalue weighted by molar-refractivity contribution is -0.138. The molecule has 0 saturated carbocycles. The van der Waals surface area contributed by atoms with Crippen LogP contribution in [0.2, 0.25) is 5.02 Å². The Morgan fingerprint density at radius 3 is 2.44 bits per heavy atom. The predicted molar refractivity (Wildman–Crippen MR) is 60.3 cm³/mol. The van der Waals surface area contributed by atoms with Crippen LogP contribution >= 0.6 is 11.6 Å². The second kappa shape index (κ2) is 5.48. The molecule has 5 nitrogen and oxygen atoms in total. The van der Waals surface area contributed by atoms with Crippen molar-refractivity contribution in [2.75, 3.05) is 5.32 Å². The average molecular weight is 243 g/mol. The lowest BCUT2D eigenvalue weighted by Gasteiger charge is -2.09. The van der Waals surface area contributed by atoms with Crippen LogP contribution in [0.4, 0.5) is 5.69 Å². The van der Waals surface area contributed by atoms with Gasteiger partial charge in [-0.05, 0) is 24.3 Å². The Morgan fingerprint density at radius 1 is 1.38 bits per heavy atom. The Balaban J connectivity index is 2.57. The van der Waals surface area contributed by atoms with E-state index in [9.17, 15) is 9.59 Å². The highest BCUT2D eigenvalue weighted by atomic mass is 35.5. The van der Waals surface area contributed by atoms with Crippen LogP contribution in [-0.2, 0) is 9.59 Å². The van der Waals surface area contributed by atoms with Gasteiger partial charge in [0.1, 0.15) is 0 Å². The fraction of sp³-hybridized carbons (Fsp3) is 0.200. The summed E-state index contributed by atoms with van der Waals surface area (Å²) in [6, 6.07) is 5.37. The Bertz CT molecular complexity index is 392. The zero-order chi connectivity index (χ0) is 12.1. The van der Waals surface area contributed by atoms with E-state index in [2.05, 4.69) is 5.32 Å². The number of aliphatic carboxylic acids is 1. The number of hydrogen-bond donors (Lipinski definition) is 3. The number of rotatable bonds is 4. The molecule has 86 valence electrons. The molecule has 0 aromatic heterocycles. The number of amides is 1. The molecule has 0 saturated heterocycles. The topological polar surface area (TPSA) is 92.4 Å². The number of hydrogen-bond acceptors (Lipinski definition) is 3. The summed E-state index contributed by atoms with van der Waals surface area (Å²) in [5, 5.41) is 11.5. The van der Waals surface area contributed by atoms with Gasteiger partial charge in [-0.3, -0.25) is 9.59 Å². The maximum atomic E-state index is 11.4. The van der Waals surface area contributed by atoms with E-state index in [4.69, 9.17) is 22.4 Å². The summed E-state index contributed by atoms with van der Waals surface area (Å²) in [6.07, 6.45) is -0.403. The minimum atomic E-state index is -1.11. The fourth-order valence-corrected chi connectivity index (χ4v) is 1.17. The van der Waals surface area contributed by atoms with E-state index >= 15 is 0 Å². The van der Waals surface area contributed by atoms with Gasteiger partial charge in [-0.1, -0.05) is 11.6 Å². The van der Waals surface area contributed by atoms with Crippen LogP contribution < -0.4 is 11.1 Å². The van der Waals surface area contributed by atoms with Gasteiger partial charge in [0.05, 0.1) is 12.5 Å². The van der Waals surface area contributed by atoms with Gasteiger partial charge >= 0.3 is 5.97 Å². The van der Waals surface area contributed by atoms with E-state index in [0.29, 0.717) is 10.7 Å². The molecule has 0 aliphatic carbocycles. The van der Waals surface area contributed by atoms with Crippen molar-refractivity contribution in [3.63, 3.8) is 0 Å². The number of carboxylic acid groups (broad SMARTS) is 1. The summed E-state index contributed by atoms with van der Waals surface area (Å²) in [4.78, 5) is 21.7. The number of carboxylic acids is 1. The van der Waals surface area contributed by atoms with Gasteiger partial charge in [-0.2, -0.15) is 0 Å². The highest BCUT2D eigenvalue weighted by Crippen LogP contribution is 2.13. The summed E-state index contributed by atoms with van der Waals surface area (Å²) in [7, 11) is 0. The molecule has 0 spiro atoms. The monoisotopic (exact) mass is 242 g/mol. The number of carbonyl (C=O) groups is 2. The Kier molecular flexibility index (Phi) is 4.28. The van der Waals surface area contributed by atoms with Crippen LogP contribution in [0.5, 0.6) is 0 Å². The molecule has 0 fully saturated rings. The van der Waals surface area contributed by atoms with E-state index in [-0.39, 0.29) is 0 Å². The molecule has 1 aromatic rings. The molecule has 1 amide bonds. The molecule has 6 heteroatoms. The van der Waals surface area contributed by atoms with Gasteiger partial charge in [0.25, 0.3) is 0 Å². The van der Waals surface area contributed by atoms with Crippen LogP contribution in [0, 0.1) is 0 Å². The SMILES string of the molecule is NC(CC(=O)O)C(=O)Nc1ccc(Cl)cc1. The zero-order valence-electron chi connectivity index (χ0n) is 8.31. The minimum Gasteiger partial charge on any atom is -0.481 e. The maximum Gasteiger partial charge on any atom is 0.305 e. The molecular formula is C10H11ClN2O3. The largest absolute Gasteiger partial charge is 0.481 e. The van der Waals surface area contributed by atoms with Crippen molar-refractivity contribution in [3.8, 4) is 0 Å². The van der Waals surface area contributed by atoms with Gasteiger partial charge in [-0.15, -0.1) is 0 Å². The van der Waals surface area contributed by atoms with Crippen LogP contribution in [0.15, 0.2) is 24.3 Å². The van der Waals surface area contributed by atoms with Crippen LogP contribution in [0.25, 0.3) is 0 Å². The first-order chi connectivity index (χ1) is 7.49. The average Bonchev–Trinajstić information content (AvgIpc) is 2.20. The number of benzene rings is 1. The second-order valence-corrected chi connectivity index (χ2v) is 3.64. The van der Waals surface area contributed by atoms with Gasteiger partial charge in [0, 0.05) is 10.7 Å². The van der Waals surface area contributed by atoms with Crippen LogP contribution in [0.1, 0.15) is 6.42 Å². The molecule has 0 radical (unpaired) electrons. The maximum absolute atomic E-state index is 11.4. The highest BCUT2D eigenvalue weighted by Gasteiger charge is 2.16. The van der Waals surface area contributed by atoms with Crippen molar-refractivity contribution in [2.45, 2.75) is 12.5 Å². The van der Waals surface area contributed by atoms with Crippen molar-refractivity contribution in [2.24, 2.45) is 5.73 Å². The summed E-state index contributed by atoms with van der Waals surface area (Å²) in [5.74, 6) is -1.65. The smallest absolute Gasteiger partial charge is 0.305 e. The summed E-state index contributed by atoms with van der Waals surface area (Å²) < 4.78 is 0. The minimum absolute atomic E-state index is 0.403. The molecule has 0 heterocycles. The van der Waals surface area contributed by atoms with Gasteiger partial charge in [-0.25, -0.2) is 0 Å². The molecule has 4 N–H and O–H groups in total. The third kappa shape index (κ3) is 3.88. The number of anilines is 1. The first-order valence-corrected chi connectivity index (χ1v) is 4.90. The normalized spacial score (nSPS) is 11.9. The first-order valence-electron chi connectivity index (χ1n) is 4.53. The van der Waals surface area contributed by atoms with Gasteiger partial charge in [0.15, 0.2) is 0 Å². The lowest BCUT2D eigenvalue weighted by Crippen LogP contribution is -2.37. The fourth-order valence-electron chi connectivity index (χ4n) is 1.05. The Hall–Kier alpha value is -1.59. The zero-order valence-corrected chi connectivity index (χ0v) is 9.07. The first kappa shape index (κ1) is 12.5. The van der Waals surface area contributed by atoms with Crippen molar-refractivity contribution in [3.05, 3.63) is 29.3 Å². The second-order valence-electron chi connectivity index (χ2n) is 3.20. The summed E-state index contributed by atoms with van der Waals surface area (Å²) in [5.41, 5.74) is 5.90. The van der Waals surface area contributed by atoms with E-state index in [0.717, 1.165) is 0 Å². The lowest BCUT2D eigenvalue weighted by atomic mass is 10.2. The predicted octanol–water partition coefficient (Wildman–Crippen LogP) is 1.08. The van der Waals surface area contributed by atoms with E-state index < -0.39 is 24.3 Å². The summed E-state index contributed by atoms with van der Waals surface area (Å²) >= 11 is 5.66. The molecule has 1 unspecified atom stereocenters. The number of halogens is 1. The van der Waals surface area contributed by atoms with Crippen molar-refractivity contribution >= 4 is 29.2 Å². The number of nitrogens with one attached hydrogen (secondary N) is 1. The molecule has 1 rings (SSSR count). The van der Waals surface area contributed by atoms with E-state index in [1.165, 1.54) is 0 Å². The van der Waals surface area contributed by atoms with Crippen LogP contribution in [-0.4, -0.2) is 23.0 Å². The standard InChI is InChI=1S/C10H11ClN2O3/c11-6-1-3-7(4-2-6)13-10(16)8(12)5-9(14)15/h1-4,8H,5,12H2,(H,13,16)(H,14,15). The molecular weight excluding hydrogens is 232 g/mol. The van der Waals surface area contributed by atoms with Crippen molar-refractivity contribution < 1.29 is 14.7 Å². The Morgan fingerprint density at radius 2 is 1.94 bits per heavy atom. The number of carbonyl (C=O) groups excluding carboxylic acids is 1. The van der Waals surface area contributed by atoms with Crippen molar-refractivity contribution in [1.29, 1.82) is 0 Å². The molecule has 0 aliphatic heterocycles. The Labute approximate surface area is 97.2 Å². The van der Waals surface area contributed by atoms with Crippen molar-refractivity contribution in [1.82, 2.24) is 0 Å². The van der Waals surface area contributed by atoms with Gasteiger partial charge < -0.3 is 16.2 Å². The number of nitrogens with two attached hydrogens (primary N) is 1. The molecule has 16 heavy (non-hydrogen) atoms. The molecule has 0 bridgehead atoms. The third-order valence-electron chi connectivity index (χ3n) is 1.84. The summed E-state index contributed by atoms with van der Waals surface area (Å²) in [6.45, 7) is 0. The van der Waals surface area contributed by atoms with E-state index in [1.807, 2.05) is 0 Å². The molecule has 1 atom stereocenters. The molecule has 1 aromatic carbocycles. The highest BCUT2D eigenvalue weighted by molar-refractivity contribution is 6.30. The quantitative estimate of drug-likeness (QED) is 0.737. The van der Waals surface area contributed by atoms with Crippen LogP contribution in [0.3, 0.4) is 0 Å².